The summed E-state index contributed by atoms with van der Waals surface area (Å²) < 4.78 is 54.0. The lowest BCUT2D eigenvalue weighted by molar-refractivity contribution is -0.139. The molecule has 0 bridgehead atoms. The quantitative estimate of drug-likeness (QED) is 0.615. The molecule has 7 heteroatoms. The van der Waals surface area contributed by atoms with Gasteiger partial charge in [-0.1, -0.05) is 6.92 Å². The van der Waals surface area contributed by atoms with Crippen molar-refractivity contribution in [2.45, 2.75) is 32.5 Å². The van der Waals surface area contributed by atoms with E-state index in [0.29, 0.717) is 12.1 Å². The molecule has 0 radical (unpaired) electrons. The maximum absolute atomic E-state index is 13.0. The first-order valence-corrected chi connectivity index (χ1v) is 5.97. The third kappa shape index (κ3) is 6.37. The van der Waals surface area contributed by atoms with Gasteiger partial charge in [0.05, 0.1) is 19.2 Å². The van der Waals surface area contributed by atoms with Crippen LogP contribution in [0.2, 0.25) is 0 Å². The van der Waals surface area contributed by atoms with Crippen molar-refractivity contribution in [2.24, 2.45) is 0 Å². The van der Waals surface area contributed by atoms with Crippen molar-refractivity contribution >= 4 is 0 Å². The largest absolute Gasteiger partial charge is 0.477 e. The van der Waals surface area contributed by atoms with Crippen LogP contribution < -0.4 is 10.1 Å². The second-order valence-corrected chi connectivity index (χ2v) is 4.01. The second kappa shape index (κ2) is 7.28. The zero-order chi connectivity index (χ0) is 14.3. The van der Waals surface area contributed by atoms with Crippen molar-refractivity contribution in [3.63, 3.8) is 0 Å². The third-order valence-corrected chi connectivity index (χ3v) is 2.26. The molecule has 0 amide bonds. The van der Waals surface area contributed by atoms with Gasteiger partial charge in [0.2, 0.25) is 5.88 Å². The molecule has 1 heterocycles. The molecular formula is C12H16F4N2O. The van der Waals surface area contributed by atoms with Crippen LogP contribution in [0.25, 0.3) is 0 Å². The van der Waals surface area contributed by atoms with Crippen molar-refractivity contribution in [3.8, 4) is 5.88 Å². The normalized spacial score (nSPS) is 11.6. The minimum Gasteiger partial charge on any atom is -0.477 e. The molecule has 0 aromatic carbocycles. The van der Waals surface area contributed by atoms with Gasteiger partial charge < -0.3 is 10.1 Å². The van der Waals surface area contributed by atoms with Crippen molar-refractivity contribution < 1.29 is 22.3 Å². The SMILES string of the molecule is CCCNCc1cc(F)cnc1OCCC(F)(F)F. The molecule has 0 saturated heterocycles. The van der Waals surface area contributed by atoms with Crippen LogP contribution in [0.15, 0.2) is 12.3 Å². The molecule has 0 fully saturated rings. The van der Waals surface area contributed by atoms with Gasteiger partial charge in [0.25, 0.3) is 0 Å². The lowest BCUT2D eigenvalue weighted by Gasteiger charge is -2.12. The summed E-state index contributed by atoms with van der Waals surface area (Å²) in [5, 5.41) is 3.02. The van der Waals surface area contributed by atoms with Crippen LogP contribution in [0.1, 0.15) is 25.3 Å². The van der Waals surface area contributed by atoms with Crippen LogP contribution in [0.4, 0.5) is 17.6 Å². The zero-order valence-corrected chi connectivity index (χ0v) is 10.6. The molecular weight excluding hydrogens is 264 g/mol. The maximum Gasteiger partial charge on any atom is 0.392 e. The molecule has 0 atom stereocenters. The second-order valence-electron chi connectivity index (χ2n) is 4.01. The number of ether oxygens (including phenoxy) is 1. The number of hydrogen-bond acceptors (Lipinski definition) is 3. The van der Waals surface area contributed by atoms with Gasteiger partial charge >= 0.3 is 6.18 Å². The number of alkyl halides is 3. The summed E-state index contributed by atoms with van der Waals surface area (Å²) in [6.45, 7) is 2.47. The van der Waals surface area contributed by atoms with Crippen LogP contribution in [0.5, 0.6) is 5.88 Å². The molecule has 19 heavy (non-hydrogen) atoms. The lowest BCUT2D eigenvalue weighted by Crippen LogP contribution is -2.17. The summed E-state index contributed by atoms with van der Waals surface area (Å²) in [5.41, 5.74) is 0.413. The number of halogens is 4. The minimum absolute atomic E-state index is 0.0363. The average molecular weight is 280 g/mol. The number of aromatic nitrogens is 1. The first-order chi connectivity index (χ1) is 8.92. The molecule has 0 aliphatic carbocycles. The molecule has 108 valence electrons. The highest BCUT2D eigenvalue weighted by Crippen LogP contribution is 2.21. The monoisotopic (exact) mass is 280 g/mol. The van der Waals surface area contributed by atoms with E-state index in [0.717, 1.165) is 19.2 Å². The van der Waals surface area contributed by atoms with Crippen LogP contribution in [0, 0.1) is 5.82 Å². The summed E-state index contributed by atoms with van der Waals surface area (Å²) in [6.07, 6.45) is -3.52. The van der Waals surface area contributed by atoms with Crippen molar-refractivity contribution in [1.29, 1.82) is 0 Å². The van der Waals surface area contributed by atoms with E-state index in [-0.39, 0.29) is 5.88 Å². The topological polar surface area (TPSA) is 34.2 Å². The predicted octanol–water partition coefficient (Wildman–Crippen LogP) is 3.05. The van der Waals surface area contributed by atoms with Crippen LogP contribution >= 0.6 is 0 Å². The van der Waals surface area contributed by atoms with E-state index >= 15 is 0 Å². The molecule has 1 aromatic heterocycles. The molecule has 1 N–H and O–H groups in total. The van der Waals surface area contributed by atoms with Crippen LogP contribution in [-0.4, -0.2) is 24.3 Å². The Morgan fingerprint density at radius 2 is 2.11 bits per heavy atom. The molecule has 0 aliphatic heterocycles. The first-order valence-electron chi connectivity index (χ1n) is 5.97. The molecule has 0 unspecified atom stereocenters. The summed E-state index contributed by atoms with van der Waals surface area (Å²) in [4.78, 5) is 3.67. The van der Waals surface area contributed by atoms with E-state index in [2.05, 4.69) is 10.3 Å². The summed E-state index contributed by atoms with van der Waals surface area (Å²) >= 11 is 0. The van der Waals surface area contributed by atoms with Gasteiger partial charge in [-0.2, -0.15) is 13.2 Å². The fourth-order valence-electron chi connectivity index (χ4n) is 1.39. The molecule has 1 rings (SSSR count). The van der Waals surface area contributed by atoms with Gasteiger partial charge in [0, 0.05) is 12.1 Å². The Morgan fingerprint density at radius 1 is 1.37 bits per heavy atom. The van der Waals surface area contributed by atoms with E-state index < -0.39 is 25.0 Å². The summed E-state index contributed by atoms with van der Waals surface area (Å²) in [7, 11) is 0. The van der Waals surface area contributed by atoms with E-state index in [1.54, 1.807) is 0 Å². The molecule has 1 aromatic rings. The standard InChI is InChI=1S/C12H16F4N2O/c1-2-4-17-7-9-6-10(13)8-18-11(9)19-5-3-12(14,15)16/h6,8,17H,2-5,7H2,1H3. The minimum atomic E-state index is -4.28. The number of hydrogen-bond donors (Lipinski definition) is 1. The fraction of sp³-hybridized carbons (Fsp3) is 0.583. The Labute approximate surface area is 109 Å². The fourth-order valence-corrected chi connectivity index (χ4v) is 1.39. The van der Waals surface area contributed by atoms with Crippen molar-refractivity contribution in [3.05, 3.63) is 23.6 Å². The van der Waals surface area contributed by atoms with E-state index in [1.165, 1.54) is 6.07 Å². The van der Waals surface area contributed by atoms with Crippen LogP contribution in [-0.2, 0) is 6.54 Å². The zero-order valence-electron chi connectivity index (χ0n) is 10.6. The third-order valence-electron chi connectivity index (χ3n) is 2.26. The molecule has 0 spiro atoms. The van der Waals surface area contributed by atoms with E-state index in [9.17, 15) is 17.6 Å². The highest BCUT2D eigenvalue weighted by Gasteiger charge is 2.27. The van der Waals surface area contributed by atoms with Gasteiger partial charge in [-0.15, -0.1) is 0 Å². The van der Waals surface area contributed by atoms with Gasteiger partial charge in [-0.3, -0.25) is 0 Å². The summed E-state index contributed by atoms with van der Waals surface area (Å²) in [6, 6.07) is 1.21. The highest BCUT2D eigenvalue weighted by molar-refractivity contribution is 5.26. The Kier molecular flexibility index (Phi) is 6.01. The maximum atomic E-state index is 13.0. The Morgan fingerprint density at radius 3 is 2.74 bits per heavy atom. The highest BCUT2D eigenvalue weighted by atomic mass is 19.4. The molecule has 3 nitrogen and oxygen atoms in total. The van der Waals surface area contributed by atoms with Gasteiger partial charge in [0.15, 0.2) is 0 Å². The Bertz CT molecular complexity index is 396. The van der Waals surface area contributed by atoms with Crippen molar-refractivity contribution in [1.82, 2.24) is 10.3 Å². The smallest absolute Gasteiger partial charge is 0.392 e. The molecule has 0 aliphatic rings. The predicted molar refractivity (Wildman–Crippen MR) is 62.4 cm³/mol. The number of nitrogens with zero attached hydrogens (tertiary/aromatic N) is 1. The molecule has 0 saturated carbocycles. The number of rotatable bonds is 7. The average Bonchev–Trinajstić information content (AvgIpc) is 2.30. The number of nitrogens with one attached hydrogen (secondary N) is 1. The first kappa shape index (κ1) is 15.7. The lowest BCUT2D eigenvalue weighted by atomic mass is 10.2. The van der Waals surface area contributed by atoms with E-state index in [4.69, 9.17) is 4.74 Å². The Hall–Kier alpha value is -1.37. The van der Waals surface area contributed by atoms with Gasteiger partial charge in [-0.05, 0) is 19.0 Å². The number of pyridine rings is 1. The van der Waals surface area contributed by atoms with Gasteiger partial charge in [-0.25, -0.2) is 9.37 Å². The summed E-state index contributed by atoms with van der Waals surface area (Å²) in [5.74, 6) is -0.509. The van der Waals surface area contributed by atoms with Gasteiger partial charge in [0.1, 0.15) is 5.82 Å². The van der Waals surface area contributed by atoms with Crippen molar-refractivity contribution in [2.75, 3.05) is 13.2 Å². The Balaban J connectivity index is 2.60. The van der Waals surface area contributed by atoms with E-state index in [1.807, 2.05) is 6.92 Å². The van der Waals surface area contributed by atoms with Crippen LogP contribution in [0.3, 0.4) is 0 Å².